The third-order valence-electron chi connectivity index (χ3n) is 5.37. The molecule has 134 valence electrons. The largest absolute Gasteiger partial charge is 0.282 e. The summed E-state index contributed by atoms with van der Waals surface area (Å²) in [5.74, 6) is 0.689. The Hall–Kier alpha value is -1.98. The summed E-state index contributed by atoms with van der Waals surface area (Å²) in [7, 11) is 1.71. The van der Waals surface area contributed by atoms with Crippen molar-refractivity contribution in [1.29, 1.82) is 5.26 Å². The van der Waals surface area contributed by atoms with Gasteiger partial charge in [0.25, 0.3) is 0 Å². The summed E-state index contributed by atoms with van der Waals surface area (Å²) < 4.78 is 4.26. The van der Waals surface area contributed by atoms with Crippen LogP contribution < -0.4 is 0 Å². The smallest absolute Gasteiger partial charge is 0.0992 e. The van der Waals surface area contributed by atoms with Crippen molar-refractivity contribution >= 4 is 52.1 Å². The molecule has 0 atom stereocenters. The number of halogens is 1. The van der Waals surface area contributed by atoms with E-state index in [1.54, 1.807) is 9.12 Å². The van der Waals surface area contributed by atoms with Crippen molar-refractivity contribution in [3.63, 3.8) is 0 Å². The molecule has 27 heavy (non-hydrogen) atoms. The minimum Gasteiger partial charge on any atom is -0.282 e. The van der Waals surface area contributed by atoms with Gasteiger partial charge in [0.2, 0.25) is 0 Å². The summed E-state index contributed by atoms with van der Waals surface area (Å²) in [5.41, 5.74) is 7.04. The standard InChI is InChI=1S/C21H17IN4S/c1-13-8-18(15-4-5-15)19(17-6-7-26(27-22)21(13)17)12-25-11-16-3-2-14(10-23)9-20(16)24-25/h2-3,6-9,11,15H,4-5,12H2,1H3. The van der Waals surface area contributed by atoms with Crippen LogP contribution in [0.4, 0.5) is 0 Å². The zero-order valence-corrected chi connectivity index (χ0v) is 17.8. The van der Waals surface area contributed by atoms with Gasteiger partial charge in [-0.25, -0.2) is 0 Å². The Bertz CT molecular complexity index is 1230. The van der Waals surface area contributed by atoms with Crippen molar-refractivity contribution < 1.29 is 0 Å². The fourth-order valence-corrected chi connectivity index (χ4v) is 5.36. The van der Waals surface area contributed by atoms with Crippen molar-refractivity contribution in [2.45, 2.75) is 32.2 Å². The monoisotopic (exact) mass is 484 g/mol. The summed E-state index contributed by atoms with van der Waals surface area (Å²) in [6, 6.07) is 12.5. The highest BCUT2D eigenvalue weighted by Crippen LogP contribution is 2.45. The first-order valence-electron chi connectivity index (χ1n) is 8.98. The van der Waals surface area contributed by atoms with Crippen LogP contribution in [0.3, 0.4) is 0 Å². The van der Waals surface area contributed by atoms with Gasteiger partial charge < -0.3 is 0 Å². The minimum atomic E-state index is 0.653. The van der Waals surface area contributed by atoms with Gasteiger partial charge in [-0.05, 0) is 66.6 Å². The third-order valence-corrected chi connectivity index (χ3v) is 7.09. The average Bonchev–Trinajstić information content (AvgIpc) is 3.29. The molecule has 0 amide bonds. The molecule has 0 radical (unpaired) electrons. The normalized spacial score (nSPS) is 14.1. The number of aromatic nitrogens is 3. The Balaban J connectivity index is 1.66. The predicted octanol–water partition coefficient (Wildman–Crippen LogP) is 5.94. The van der Waals surface area contributed by atoms with E-state index in [-0.39, 0.29) is 0 Å². The van der Waals surface area contributed by atoms with Crippen LogP contribution in [0.15, 0.2) is 42.7 Å². The molecule has 1 aliphatic rings. The van der Waals surface area contributed by atoms with E-state index < -0.39 is 0 Å². The lowest BCUT2D eigenvalue weighted by molar-refractivity contribution is 0.693. The molecule has 0 saturated heterocycles. The van der Waals surface area contributed by atoms with Crippen molar-refractivity contribution in [2.24, 2.45) is 0 Å². The van der Waals surface area contributed by atoms with Gasteiger partial charge in [-0.15, -0.1) is 0 Å². The Morgan fingerprint density at radius 1 is 1.30 bits per heavy atom. The van der Waals surface area contributed by atoms with Gasteiger partial charge in [0.05, 0.1) is 29.2 Å². The number of fused-ring (bicyclic) bond motifs is 2. The molecular formula is C21H17IN4S. The molecule has 0 aliphatic heterocycles. The molecule has 6 heteroatoms. The zero-order valence-electron chi connectivity index (χ0n) is 14.8. The van der Waals surface area contributed by atoms with Gasteiger partial charge in [0.15, 0.2) is 0 Å². The van der Waals surface area contributed by atoms with Crippen molar-refractivity contribution in [1.82, 2.24) is 13.8 Å². The molecule has 0 unspecified atom stereocenters. The van der Waals surface area contributed by atoms with Crippen LogP contribution in [-0.4, -0.2) is 13.8 Å². The van der Waals surface area contributed by atoms with Crippen LogP contribution in [-0.2, 0) is 6.54 Å². The maximum atomic E-state index is 9.12. The molecule has 1 fully saturated rings. The van der Waals surface area contributed by atoms with E-state index in [4.69, 9.17) is 10.4 Å². The lowest BCUT2D eigenvalue weighted by atomic mass is 9.96. The van der Waals surface area contributed by atoms with E-state index in [0.29, 0.717) is 11.5 Å². The molecule has 0 N–H and O–H groups in total. The van der Waals surface area contributed by atoms with Crippen molar-refractivity contribution in [2.75, 3.05) is 0 Å². The van der Waals surface area contributed by atoms with Crippen molar-refractivity contribution in [3.8, 4) is 6.07 Å². The van der Waals surface area contributed by atoms with Gasteiger partial charge in [-0.3, -0.25) is 8.65 Å². The fraction of sp³-hybridized carbons (Fsp3) is 0.238. The molecule has 2 aromatic carbocycles. The van der Waals surface area contributed by atoms with Crippen LogP contribution >= 0.6 is 30.3 Å². The number of rotatable bonds is 4. The second kappa shape index (κ2) is 6.57. The highest BCUT2D eigenvalue weighted by molar-refractivity contribution is 14.2. The number of benzene rings is 2. The molecule has 2 heterocycles. The van der Waals surface area contributed by atoms with Crippen LogP contribution in [0, 0.1) is 18.3 Å². The van der Waals surface area contributed by atoms with Gasteiger partial charge >= 0.3 is 0 Å². The first-order chi connectivity index (χ1) is 13.2. The molecule has 5 rings (SSSR count). The van der Waals surface area contributed by atoms with Crippen LogP contribution in [0.1, 0.15) is 41.0 Å². The molecule has 0 spiro atoms. The Morgan fingerprint density at radius 2 is 2.15 bits per heavy atom. The maximum Gasteiger partial charge on any atom is 0.0992 e. The van der Waals surface area contributed by atoms with Crippen LogP contribution in [0.5, 0.6) is 0 Å². The van der Waals surface area contributed by atoms with Gasteiger partial charge in [-0.1, -0.05) is 6.07 Å². The second-order valence-electron chi connectivity index (χ2n) is 7.22. The number of aryl methyl sites for hydroxylation is 1. The fourth-order valence-electron chi connectivity index (χ4n) is 3.96. The van der Waals surface area contributed by atoms with E-state index in [0.717, 1.165) is 17.4 Å². The summed E-state index contributed by atoms with van der Waals surface area (Å²) >= 11 is 2.34. The molecule has 4 nitrogen and oxygen atoms in total. The van der Waals surface area contributed by atoms with E-state index in [2.05, 4.69) is 62.7 Å². The highest BCUT2D eigenvalue weighted by atomic mass is 127. The summed E-state index contributed by atoms with van der Waals surface area (Å²) in [5, 5.41) is 16.3. The summed E-state index contributed by atoms with van der Waals surface area (Å²) in [4.78, 5) is 0. The average molecular weight is 484 g/mol. The van der Waals surface area contributed by atoms with Crippen molar-refractivity contribution in [3.05, 3.63) is 65.0 Å². The maximum absolute atomic E-state index is 9.12. The molecule has 4 aromatic rings. The zero-order chi connectivity index (χ0) is 18.5. The topological polar surface area (TPSA) is 46.5 Å². The van der Waals surface area contributed by atoms with Gasteiger partial charge in [-0.2, -0.15) is 10.4 Å². The quantitative estimate of drug-likeness (QED) is 0.337. The van der Waals surface area contributed by atoms with Crippen LogP contribution in [0.25, 0.3) is 21.8 Å². The Labute approximate surface area is 173 Å². The minimum absolute atomic E-state index is 0.653. The lowest BCUT2D eigenvalue weighted by Crippen LogP contribution is -2.05. The van der Waals surface area contributed by atoms with Gasteiger partial charge in [0.1, 0.15) is 0 Å². The number of hydrogen-bond donors (Lipinski definition) is 0. The van der Waals surface area contributed by atoms with E-state index in [1.165, 1.54) is 40.4 Å². The molecule has 1 saturated carbocycles. The third kappa shape index (κ3) is 2.93. The molecular weight excluding hydrogens is 467 g/mol. The molecule has 0 bridgehead atoms. The van der Waals surface area contributed by atoms with Crippen LogP contribution in [0.2, 0.25) is 0 Å². The van der Waals surface area contributed by atoms with E-state index in [1.807, 2.05) is 22.9 Å². The molecule has 2 aromatic heterocycles. The highest BCUT2D eigenvalue weighted by Gasteiger charge is 2.28. The number of nitriles is 1. The van der Waals surface area contributed by atoms with Gasteiger partial charge in [0, 0.05) is 53.5 Å². The predicted molar refractivity (Wildman–Crippen MR) is 119 cm³/mol. The Kier molecular flexibility index (Phi) is 4.17. The first-order valence-corrected chi connectivity index (χ1v) is 12.3. The number of hydrogen-bond acceptors (Lipinski definition) is 3. The second-order valence-corrected chi connectivity index (χ2v) is 8.93. The Morgan fingerprint density at radius 3 is 2.89 bits per heavy atom. The summed E-state index contributed by atoms with van der Waals surface area (Å²) in [6.45, 7) is 2.97. The lowest BCUT2D eigenvalue weighted by Gasteiger charge is -2.14. The van der Waals surface area contributed by atoms with E-state index in [9.17, 15) is 0 Å². The number of nitrogens with zero attached hydrogens (tertiary/aromatic N) is 4. The first kappa shape index (κ1) is 17.1. The van der Waals surface area contributed by atoms with E-state index >= 15 is 0 Å². The molecule has 1 aliphatic carbocycles. The SMILES string of the molecule is Cc1cc(C2CC2)c(Cn2cc3ccc(C#N)cc3n2)c2ccn(SI)c12. The summed E-state index contributed by atoms with van der Waals surface area (Å²) in [6.07, 6.45) is 6.81.